The molecular weight excluding hydrogens is 691 g/mol. The molecule has 3 heteroatoms. The van der Waals surface area contributed by atoms with Crippen LogP contribution in [-0.4, -0.2) is 12.9 Å². The van der Waals surface area contributed by atoms with Gasteiger partial charge in [-0.15, -0.1) is 0 Å². The van der Waals surface area contributed by atoms with E-state index in [9.17, 15) is 0 Å². The van der Waals surface area contributed by atoms with Gasteiger partial charge in [0.1, 0.15) is 5.84 Å². The first-order valence-electron chi connectivity index (χ1n) is 19.6. The van der Waals surface area contributed by atoms with Gasteiger partial charge in [-0.1, -0.05) is 188 Å². The zero-order valence-corrected chi connectivity index (χ0v) is 32.0. The first kappa shape index (κ1) is 34.3. The maximum atomic E-state index is 5.67. The van der Waals surface area contributed by atoms with Crippen molar-refractivity contribution < 1.29 is 0 Å². The minimum absolute atomic E-state index is 0.561. The molecule has 8 aromatic carbocycles. The lowest BCUT2D eigenvalue weighted by Gasteiger charge is -2.46. The molecule has 57 heavy (non-hydrogen) atoms. The highest BCUT2D eigenvalue weighted by molar-refractivity contribution is 6.08. The molecule has 0 saturated carbocycles. The molecule has 0 unspecified atom stereocenters. The number of amidine groups is 1. The van der Waals surface area contributed by atoms with E-state index in [1.165, 1.54) is 44.5 Å². The summed E-state index contributed by atoms with van der Waals surface area (Å²) in [5.41, 5.74) is 18.0. The van der Waals surface area contributed by atoms with Crippen LogP contribution in [0.3, 0.4) is 0 Å². The van der Waals surface area contributed by atoms with Crippen LogP contribution >= 0.6 is 0 Å². The molecule has 0 saturated heterocycles. The lowest BCUT2D eigenvalue weighted by molar-refractivity contribution is 0.752. The van der Waals surface area contributed by atoms with Crippen LogP contribution in [0.15, 0.2) is 211 Å². The Balaban J connectivity index is 1.29. The second-order valence-electron chi connectivity index (χ2n) is 14.7. The van der Waals surface area contributed by atoms with Gasteiger partial charge in [-0.3, -0.25) is 0 Å². The summed E-state index contributed by atoms with van der Waals surface area (Å²) in [7, 11) is 1.97. The van der Waals surface area contributed by atoms with Crippen LogP contribution in [0.5, 0.6) is 0 Å². The van der Waals surface area contributed by atoms with E-state index in [0.29, 0.717) is 0 Å². The van der Waals surface area contributed by atoms with Gasteiger partial charge in [0.25, 0.3) is 0 Å². The van der Waals surface area contributed by atoms with Crippen LogP contribution in [0.25, 0.3) is 33.5 Å². The van der Waals surface area contributed by atoms with Crippen molar-refractivity contribution in [2.75, 3.05) is 11.9 Å². The van der Waals surface area contributed by atoms with Crippen molar-refractivity contribution in [3.05, 3.63) is 245 Å². The fourth-order valence-corrected chi connectivity index (χ4v) is 9.19. The smallest absolute Gasteiger partial charge is 0.133 e. The molecule has 1 aliphatic heterocycles. The zero-order chi connectivity index (χ0) is 38.3. The van der Waals surface area contributed by atoms with E-state index in [1.54, 1.807) is 0 Å². The molecule has 0 atom stereocenters. The molecule has 10 rings (SSSR count). The van der Waals surface area contributed by atoms with Crippen LogP contribution < -0.4 is 10.2 Å². The van der Waals surface area contributed by atoms with E-state index in [-0.39, 0.29) is 0 Å². The molecule has 2 aliphatic rings. The van der Waals surface area contributed by atoms with Gasteiger partial charge in [0.2, 0.25) is 0 Å². The predicted octanol–water partition coefficient (Wildman–Crippen LogP) is 13.1. The molecule has 272 valence electrons. The highest BCUT2D eigenvalue weighted by Crippen LogP contribution is 2.64. The Hall–Kier alpha value is -7.23. The zero-order valence-electron chi connectivity index (χ0n) is 32.0. The largest absolute Gasteiger partial charge is 0.373 e. The fraction of sp³-hybridized carbons (Fsp3) is 0.0556. The highest BCUT2D eigenvalue weighted by Gasteiger charge is 2.52. The Morgan fingerprint density at radius 2 is 1.00 bits per heavy atom. The van der Waals surface area contributed by atoms with Crippen LogP contribution in [0.1, 0.15) is 45.9 Å². The maximum absolute atomic E-state index is 5.67. The molecule has 1 N–H and O–H groups in total. The molecule has 8 aromatic rings. The van der Waals surface area contributed by atoms with Gasteiger partial charge < -0.3 is 10.2 Å². The maximum Gasteiger partial charge on any atom is 0.133 e. The summed E-state index contributed by atoms with van der Waals surface area (Å²) in [6.45, 7) is 2.21. The molecule has 0 amide bonds. The Bertz CT molecular complexity index is 2770. The van der Waals surface area contributed by atoms with Crippen molar-refractivity contribution >= 4 is 34.2 Å². The summed E-state index contributed by atoms with van der Waals surface area (Å²) in [5, 5.41) is 3.50. The number of fused-ring (bicyclic) bond motifs is 9. The molecule has 0 fully saturated rings. The third-order valence-corrected chi connectivity index (χ3v) is 11.7. The summed E-state index contributed by atoms with van der Waals surface area (Å²) in [5.74, 6) is 0.797. The highest BCUT2D eigenvalue weighted by atomic mass is 15.2. The number of anilines is 3. The van der Waals surface area contributed by atoms with E-state index in [2.05, 4.69) is 223 Å². The predicted molar refractivity (Wildman–Crippen MR) is 238 cm³/mol. The number of hydrogen-bond acceptors (Lipinski definition) is 2. The first-order chi connectivity index (χ1) is 28.2. The summed E-state index contributed by atoms with van der Waals surface area (Å²) in [4.78, 5) is 8.14. The molecule has 0 aromatic heterocycles. The Morgan fingerprint density at radius 1 is 0.474 bits per heavy atom. The topological polar surface area (TPSA) is 27.6 Å². The Labute approximate surface area is 335 Å². The van der Waals surface area contributed by atoms with E-state index < -0.39 is 5.41 Å². The molecule has 1 heterocycles. The minimum atomic E-state index is -0.561. The van der Waals surface area contributed by atoms with Crippen molar-refractivity contribution in [2.24, 2.45) is 4.99 Å². The summed E-state index contributed by atoms with van der Waals surface area (Å²) >= 11 is 0. The Kier molecular flexibility index (Phi) is 8.49. The van der Waals surface area contributed by atoms with Gasteiger partial charge in [0.05, 0.1) is 22.5 Å². The molecular formula is C54H41N3. The summed E-state index contributed by atoms with van der Waals surface area (Å²) < 4.78 is 0. The van der Waals surface area contributed by atoms with Gasteiger partial charge >= 0.3 is 0 Å². The standard InChI is InChI=1S/C54H41N3/c1-37(38-19-6-3-7-20-38)51(56-53(55-2)41-35-33-40(34-36-41)39-21-8-4-9-22-39)45-27-18-31-49-52(45)57(42-23-10-5-11-24-42)50-32-17-16-30-48(50)54(49)46-28-14-12-25-43(46)44-26-13-15-29-47(44)54/h3-36H,1-2H3,(H,55,56)/b51-37+. The number of nitrogens with zero attached hydrogens (tertiary/aromatic N) is 2. The minimum Gasteiger partial charge on any atom is -0.373 e. The number of aliphatic imine (C=N–C) groups is 1. The molecule has 0 bridgehead atoms. The molecule has 0 radical (unpaired) electrons. The van der Waals surface area contributed by atoms with Crippen LogP contribution in [0.4, 0.5) is 17.1 Å². The number of benzene rings is 8. The third kappa shape index (κ3) is 5.46. The lowest BCUT2D eigenvalue weighted by Crippen LogP contribution is -2.36. The fourth-order valence-electron chi connectivity index (χ4n) is 9.19. The first-order valence-corrected chi connectivity index (χ1v) is 19.6. The van der Waals surface area contributed by atoms with Crippen molar-refractivity contribution in [1.82, 2.24) is 5.32 Å². The molecule has 1 spiro atoms. The van der Waals surface area contributed by atoms with E-state index in [4.69, 9.17) is 4.99 Å². The van der Waals surface area contributed by atoms with Gasteiger partial charge in [0, 0.05) is 23.9 Å². The molecule has 1 aliphatic carbocycles. The van der Waals surface area contributed by atoms with Crippen LogP contribution in [-0.2, 0) is 5.41 Å². The average Bonchev–Trinajstić information content (AvgIpc) is 3.58. The number of hydrogen-bond donors (Lipinski definition) is 1. The van der Waals surface area contributed by atoms with Gasteiger partial charge in [-0.2, -0.15) is 0 Å². The van der Waals surface area contributed by atoms with E-state index in [0.717, 1.165) is 50.9 Å². The van der Waals surface area contributed by atoms with Crippen molar-refractivity contribution in [3.8, 4) is 22.3 Å². The second-order valence-corrected chi connectivity index (χ2v) is 14.7. The Morgan fingerprint density at radius 3 is 1.65 bits per heavy atom. The quantitative estimate of drug-likeness (QED) is 0.105. The van der Waals surface area contributed by atoms with Gasteiger partial charge in [-0.05, 0) is 80.8 Å². The van der Waals surface area contributed by atoms with Crippen molar-refractivity contribution in [3.63, 3.8) is 0 Å². The van der Waals surface area contributed by atoms with Gasteiger partial charge in [-0.25, -0.2) is 4.99 Å². The van der Waals surface area contributed by atoms with E-state index in [1.807, 2.05) is 7.05 Å². The van der Waals surface area contributed by atoms with Crippen LogP contribution in [0, 0.1) is 0 Å². The normalized spacial score (nSPS) is 13.9. The molecule has 3 nitrogen and oxygen atoms in total. The summed E-state index contributed by atoms with van der Waals surface area (Å²) in [6.07, 6.45) is 0. The van der Waals surface area contributed by atoms with E-state index >= 15 is 0 Å². The van der Waals surface area contributed by atoms with Crippen LogP contribution in [0.2, 0.25) is 0 Å². The average molecular weight is 732 g/mol. The van der Waals surface area contributed by atoms with Crippen molar-refractivity contribution in [1.29, 1.82) is 0 Å². The second kappa shape index (κ2) is 14.1. The number of nitrogens with one attached hydrogen (secondary N) is 1. The SMILES string of the molecule is CN/C(=N\C(=C(/C)c1ccccc1)c1cccc2c1N(c1ccccc1)c1ccccc1C21c2ccccc2-c2ccccc21)c1ccc(-c2ccccc2)cc1. The lowest BCUT2D eigenvalue weighted by atomic mass is 9.64. The van der Waals surface area contributed by atoms with Crippen molar-refractivity contribution in [2.45, 2.75) is 12.3 Å². The number of rotatable bonds is 6. The van der Waals surface area contributed by atoms with Gasteiger partial charge in [0.15, 0.2) is 0 Å². The summed E-state index contributed by atoms with van der Waals surface area (Å²) in [6, 6.07) is 74.5. The third-order valence-electron chi connectivity index (χ3n) is 11.7. The monoisotopic (exact) mass is 731 g/mol. The number of allylic oxidation sites excluding steroid dienone is 1. The number of para-hydroxylation sites is 3.